The normalized spacial score (nSPS) is 15.0. The molecule has 0 bridgehead atoms. The van der Waals surface area contributed by atoms with Crippen molar-refractivity contribution in [3.05, 3.63) is 30.1 Å². The van der Waals surface area contributed by atoms with Gasteiger partial charge in [0.25, 0.3) is 0 Å². The lowest BCUT2D eigenvalue weighted by atomic mass is 10.1. The zero-order chi connectivity index (χ0) is 14.7. The molecular weight excluding hydrogens is 275 g/mol. The van der Waals surface area contributed by atoms with E-state index in [4.69, 9.17) is 4.42 Å². The van der Waals surface area contributed by atoms with Crippen LogP contribution in [0, 0.1) is 5.82 Å². The number of nitrogens with zero attached hydrogens (tertiary/aromatic N) is 3. The van der Waals surface area contributed by atoms with E-state index >= 15 is 0 Å². The van der Waals surface area contributed by atoms with Crippen molar-refractivity contribution in [2.24, 2.45) is 0 Å². The number of benzene rings is 1. The summed E-state index contributed by atoms with van der Waals surface area (Å²) in [5.41, 5.74) is 0.599. The summed E-state index contributed by atoms with van der Waals surface area (Å²) >= 11 is 0. The van der Waals surface area contributed by atoms with Gasteiger partial charge in [0, 0.05) is 18.7 Å². The van der Waals surface area contributed by atoms with Gasteiger partial charge in [0.15, 0.2) is 0 Å². The van der Waals surface area contributed by atoms with E-state index in [1.54, 1.807) is 17.0 Å². The summed E-state index contributed by atoms with van der Waals surface area (Å²) in [5.74, 6) is -0.0964. The van der Waals surface area contributed by atoms with Crippen LogP contribution in [0.3, 0.4) is 0 Å². The Bertz CT molecular complexity index is 620. The largest absolute Gasteiger partial charge is 0.403 e. The second kappa shape index (κ2) is 5.90. The molecule has 1 fully saturated rings. The topological polar surface area (TPSA) is 71.3 Å². The van der Waals surface area contributed by atoms with E-state index < -0.39 is 0 Å². The van der Waals surface area contributed by atoms with Crippen molar-refractivity contribution in [1.29, 1.82) is 0 Å². The van der Waals surface area contributed by atoms with Gasteiger partial charge in [-0.25, -0.2) is 9.18 Å². The Morgan fingerprint density at radius 2 is 1.86 bits per heavy atom. The van der Waals surface area contributed by atoms with Crippen molar-refractivity contribution in [2.75, 3.05) is 18.4 Å². The molecule has 21 heavy (non-hydrogen) atoms. The molecule has 0 aliphatic carbocycles. The first-order valence-electron chi connectivity index (χ1n) is 6.88. The maximum atomic E-state index is 12.9. The number of hydrogen-bond acceptors (Lipinski definition) is 4. The monoisotopic (exact) mass is 290 g/mol. The quantitative estimate of drug-likeness (QED) is 0.923. The van der Waals surface area contributed by atoms with Crippen LogP contribution in [0.15, 0.2) is 28.7 Å². The number of hydrogen-bond donors (Lipinski definition) is 1. The molecule has 2 heterocycles. The fraction of sp³-hybridized carbons (Fsp3) is 0.357. The van der Waals surface area contributed by atoms with Gasteiger partial charge in [-0.1, -0.05) is 5.10 Å². The van der Waals surface area contributed by atoms with Gasteiger partial charge in [-0.3, -0.25) is 5.32 Å². The number of urea groups is 1. The molecule has 0 spiro atoms. The van der Waals surface area contributed by atoms with Gasteiger partial charge in [0.2, 0.25) is 5.89 Å². The van der Waals surface area contributed by atoms with E-state index in [-0.39, 0.29) is 23.8 Å². The standard InChI is InChI=1S/C14H15FN4O2/c15-11-6-4-10(5-7-11)12-17-18-13(21-12)16-14(20)19-8-2-1-3-9-19/h4-7H,1-3,8-9H2,(H,16,18,20). The summed E-state index contributed by atoms with van der Waals surface area (Å²) in [6, 6.07) is 5.52. The van der Waals surface area contributed by atoms with Gasteiger partial charge in [-0.2, -0.15) is 0 Å². The number of piperidine rings is 1. The number of amides is 2. The maximum absolute atomic E-state index is 12.9. The van der Waals surface area contributed by atoms with Gasteiger partial charge in [0.1, 0.15) is 5.82 Å². The van der Waals surface area contributed by atoms with Crippen molar-refractivity contribution in [3.8, 4) is 11.5 Å². The third kappa shape index (κ3) is 3.18. The van der Waals surface area contributed by atoms with Crippen LogP contribution in [0.5, 0.6) is 0 Å². The molecule has 7 heteroatoms. The predicted molar refractivity (Wildman–Crippen MR) is 74.1 cm³/mol. The minimum Gasteiger partial charge on any atom is -0.403 e. The zero-order valence-electron chi connectivity index (χ0n) is 11.4. The minimum atomic E-state index is -0.336. The van der Waals surface area contributed by atoms with Crippen LogP contribution in [0.25, 0.3) is 11.5 Å². The third-order valence-electron chi connectivity index (χ3n) is 3.37. The molecule has 110 valence electrons. The minimum absolute atomic E-state index is 0.0462. The van der Waals surface area contributed by atoms with E-state index in [0.29, 0.717) is 5.56 Å². The summed E-state index contributed by atoms with van der Waals surface area (Å²) in [6.07, 6.45) is 3.18. The number of rotatable bonds is 2. The molecule has 0 unspecified atom stereocenters. The van der Waals surface area contributed by atoms with Crippen molar-refractivity contribution in [1.82, 2.24) is 15.1 Å². The van der Waals surface area contributed by atoms with Gasteiger partial charge >= 0.3 is 12.0 Å². The van der Waals surface area contributed by atoms with Crippen LogP contribution >= 0.6 is 0 Å². The fourth-order valence-corrected chi connectivity index (χ4v) is 2.25. The van der Waals surface area contributed by atoms with Crippen LogP contribution in [0.4, 0.5) is 15.2 Å². The SMILES string of the molecule is O=C(Nc1nnc(-c2ccc(F)cc2)o1)N1CCCCC1. The highest BCUT2D eigenvalue weighted by atomic mass is 19.1. The summed E-state index contributed by atoms with van der Waals surface area (Å²) < 4.78 is 18.2. The number of anilines is 1. The third-order valence-corrected chi connectivity index (χ3v) is 3.37. The Morgan fingerprint density at radius 3 is 2.57 bits per heavy atom. The van der Waals surface area contributed by atoms with Crippen molar-refractivity contribution < 1.29 is 13.6 Å². The Balaban J connectivity index is 1.67. The van der Waals surface area contributed by atoms with Crippen molar-refractivity contribution in [2.45, 2.75) is 19.3 Å². The number of halogens is 1. The van der Waals surface area contributed by atoms with Crippen molar-refractivity contribution >= 4 is 12.0 Å². The molecular formula is C14H15FN4O2. The van der Waals surface area contributed by atoms with E-state index in [1.165, 1.54) is 12.1 Å². The summed E-state index contributed by atoms with van der Waals surface area (Å²) in [7, 11) is 0. The molecule has 0 saturated carbocycles. The Labute approximate surface area is 121 Å². The highest BCUT2D eigenvalue weighted by Gasteiger charge is 2.18. The van der Waals surface area contributed by atoms with Crippen LogP contribution < -0.4 is 5.32 Å². The molecule has 1 aromatic carbocycles. The predicted octanol–water partition coefficient (Wildman–Crippen LogP) is 2.89. The molecule has 1 aliphatic heterocycles. The fourth-order valence-electron chi connectivity index (χ4n) is 2.25. The van der Waals surface area contributed by atoms with E-state index in [1.807, 2.05) is 0 Å². The van der Waals surface area contributed by atoms with Crippen molar-refractivity contribution in [3.63, 3.8) is 0 Å². The smallest absolute Gasteiger partial charge is 0.325 e. The average Bonchev–Trinajstić information content (AvgIpc) is 2.97. The van der Waals surface area contributed by atoms with E-state index in [2.05, 4.69) is 15.5 Å². The maximum Gasteiger partial charge on any atom is 0.325 e. The second-order valence-corrected chi connectivity index (χ2v) is 4.90. The number of aromatic nitrogens is 2. The highest BCUT2D eigenvalue weighted by molar-refractivity contribution is 5.87. The number of carbonyl (C=O) groups excluding carboxylic acids is 1. The first-order chi connectivity index (χ1) is 10.2. The Morgan fingerprint density at radius 1 is 1.14 bits per heavy atom. The van der Waals surface area contributed by atoms with E-state index in [9.17, 15) is 9.18 Å². The number of carbonyl (C=O) groups is 1. The lowest BCUT2D eigenvalue weighted by molar-refractivity contribution is 0.199. The molecule has 1 aliphatic rings. The van der Waals surface area contributed by atoms with Crippen LogP contribution in [-0.2, 0) is 0 Å². The molecule has 0 radical (unpaired) electrons. The first-order valence-corrected chi connectivity index (χ1v) is 6.88. The number of nitrogens with one attached hydrogen (secondary N) is 1. The van der Waals surface area contributed by atoms with Gasteiger partial charge in [-0.15, -0.1) is 5.10 Å². The lowest BCUT2D eigenvalue weighted by Gasteiger charge is -2.25. The lowest BCUT2D eigenvalue weighted by Crippen LogP contribution is -2.38. The summed E-state index contributed by atoms with van der Waals surface area (Å²) in [5, 5.41) is 10.2. The Hall–Kier alpha value is -2.44. The average molecular weight is 290 g/mol. The van der Waals surface area contributed by atoms with Gasteiger partial charge in [-0.05, 0) is 43.5 Å². The number of likely N-dealkylation sites (tertiary alicyclic amines) is 1. The molecule has 2 aromatic rings. The van der Waals surface area contributed by atoms with Crippen LogP contribution in [0.1, 0.15) is 19.3 Å². The zero-order valence-corrected chi connectivity index (χ0v) is 11.4. The highest BCUT2D eigenvalue weighted by Crippen LogP contribution is 2.20. The molecule has 1 N–H and O–H groups in total. The second-order valence-electron chi connectivity index (χ2n) is 4.90. The van der Waals surface area contributed by atoms with Crippen LogP contribution in [-0.4, -0.2) is 34.2 Å². The van der Waals surface area contributed by atoms with Gasteiger partial charge in [0.05, 0.1) is 0 Å². The summed E-state index contributed by atoms with van der Waals surface area (Å²) in [6.45, 7) is 1.48. The van der Waals surface area contributed by atoms with E-state index in [0.717, 1.165) is 32.4 Å². The molecule has 6 nitrogen and oxygen atoms in total. The van der Waals surface area contributed by atoms with Gasteiger partial charge < -0.3 is 9.32 Å². The molecule has 0 atom stereocenters. The molecule has 1 saturated heterocycles. The first kappa shape index (κ1) is 13.5. The Kier molecular flexibility index (Phi) is 3.81. The molecule has 3 rings (SSSR count). The molecule has 1 aromatic heterocycles. The van der Waals surface area contributed by atoms with Crippen LogP contribution in [0.2, 0.25) is 0 Å². The summed E-state index contributed by atoms with van der Waals surface area (Å²) in [4.78, 5) is 13.7. The molecule has 2 amide bonds.